The van der Waals surface area contributed by atoms with Gasteiger partial charge in [-0.25, -0.2) is 4.98 Å². The minimum absolute atomic E-state index is 0.206. The number of fused-ring (bicyclic) bond motifs is 1. The van der Waals surface area contributed by atoms with Crippen LogP contribution in [-0.2, 0) is 7.05 Å². The van der Waals surface area contributed by atoms with Crippen molar-refractivity contribution in [3.63, 3.8) is 0 Å². The van der Waals surface area contributed by atoms with Gasteiger partial charge in [0.1, 0.15) is 11.5 Å². The molecule has 0 saturated heterocycles. The molecule has 0 bridgehead atoms. The van der Waals surface area contributed by atoms with E-state index in [0.29, 0.717) is 16.5 Å². The molecule has 1 aromatic carbocycles. The Bertz CT molecular complexity index is 839. The van der Waals surface area contributed by atoms with Gasteiger partial charge in [-0.2, -0.15) is 0 Å². The monoisotopic (exact) mass is 299 g/mol. The lowest BCUT2D eigenvalue weighted by Crippen LogP contribution is -2.16. The molecule has 3 aromatic rings. The highest BCUT2D eigenvalue weighted by atomic mass is 35.5. The summed E-state index contributed by atoms with van der Waals surface area (Å²) in [5.74, 6) is 0.333. The Balaban J connectivity index is 1.98. The van der Waals surface area contributed by atoms with Gasteiger partial charge in [0, 0.05) is 28.7 Å². The number of rotatable bonds is 2. The first-order valence-corrected chi connectivity index (χ1v) is 6.93. The molecule has 3 rings (SSSR count). The van der Waals surface area contributed by atoms with E-state index < -0.39 is 0 Å². The van der Waals surface area contributed by atoms with Crippen LogP contribution >= 0.6 is 11.6 Å². The van der Waals surface area contributed by atoms with Crippen molar-refractivity contribution < 1.29 is 4.79 Å². The smallest absolute Gasteiger partial charge is 0.273 e. The van der Waals surface area contributed by atoms with E-state index in [4.69, 9.17) is 11.6 Å². The van der Waals surface area contributed by atoms with Gasteiger partial charge in [0.2, 0.25) is 0 Å². The summed E-state index contributed by atoms with van der Waals surface area (Å²) >= 11 is 6.17. The number of carbonyl (C=O) groups is 1. The molecule has 0 radical (unpaired) electrons. The topological polar surface area (TPSA) is 46.9 Å². The Hall–Kier alpha value is -2.33. The number of anilines is 1. The molecule has 0 fully saturated rings. The number of nitrogens with one attached hydrogen (secondary N) is 1. The first-order chi connectivity index (χ1) is 10.1. The van der Waals surface area contributed by atoms with Crippen LogP contribution in [0.5, 0.6) is 0 Å². The van der Waals surface area contributed by atoms with E-state index in [2.05, 4.69) is 10.3 Å². The molecule has 0 spiro atoms. The average molecular weight is 300 g/mol. The van der Waals surface area contributed by atoms with Crippen LogP contribution in [-0.4, -0.2) is 15.5 Å². The van der Waals surface area contributed by atoms with E-state index in [-0.39, 0.29) is 5.91 Å². The second-order valence-electron chi connectivity index (χ2n) is 4.88. The highest BCUT2D eigenvalue weighted by molar-refractivity contribution is 6.35. The molecule has 1 N–H and O–H groups in total. The van der Waals surface area contributed by atoms with Gasteiger partial charge >= 0.3 is 0 Å². The van der Waals surface area contributed by atoms with Crippen LogP contribution in [0.2, 0.25) is 5.02 Å². The van der Waals surface area contributed by atoms with Crippen molar-refractivity contribution in [2.45, 2.75) is 6.92 Å². The zero-order valence-electron chi connectivity index (χ0n) is 11.7. The molecule has 0 unspecified atom stereocenters. The summed E-state index contributed by atoms with van der Waals surface area (Å²) in [5, 5.41) is 4.31. The molecule has 2 aromatic heterocycles. The molecule has 0 aliphatic carbocycles. The lowest BCUT2D eigenvalue weighted by molar-refractivity contribution is 0.101. The fourth-order valence-corrected chi connectivity index (χ4v) is 2.56. The van der Waals surface area contributed by atoms with E-state index in [0.717, 1.165) is 16.6 Å². The van der Waals surface area contributed by atoms with Gasteiger partial charge in [-0.05, 0) is 37.3 Å². The van der Waals surface area contributed by atoms with Gasteiger partial charge in [-0.1, -0.05) is 23.7 Å². The Morgan fingerprint density at radius 3 is 2.71 bits per heavy atom. The quantitative estimate of drug-likeness (QED) is 0.782. The van der Waals surface area contributed by atoms with Crippen LogP contribution in [0, 0.1) is 6.92 Å². The summed E-state index contributed by atoms with van der Waals surface area (Å²) in [4.78, 5) is 16.7. The summed E-state index contributed by atoms with van der Waals surface area (Å²) in [5.41, 5.74) is 2.32. The number of carbonyl (C=O) groups excluding carboxylic acids is 1. The van der Waals surface area contributed by atoms with Crippen LogP contribution in [0.4, 0.5) is 5.82 Å². The molecule has 21 heavy (non-hydrogen) atoms. The molecule has 0 saturated carbocycles. The van der Waals surface area contributed by atoms with Crippen molar-refractivity contribution in [2.24, 2.45) is 7.05 Å². The van der Waals surface area contributed by atoms with Crippen LogP contribution in [0.15, 0.2) is 42.5 Å². The fraction of sp³-hybridized carbons (Fsp3) is 0.125. The Morgan fingerprint density at radius 1 is 1.24 bits per heavy atom. The third kappa shape index (κ3) is 2.50. The van der Waals surface area contributed by atoms with Gasteiger partial charge < -0.3 is 9.88 Å². The van der Waals surface area contributed by atoms with Gasteiger partial charge in [0.05, 0.1) is 0 Å². The number of benzene rings is 1. The molecule has 4 nitrogen and oxygen atoms in total. The van der Waals surface area contributed by atoms with E-state index in [1.165, 1.54) is 0 Å². The largest absolute Gasteiger partial charge is 0.340 e. The molecule has 0 atom stereocenters. The molecule has 0 aliphatic heterocycles. The number of halogens is 1. The second-order valence-corrected chi connectivity index (χ2v) is 5.29. The van der Waals surface area contributed by atoms with Gasteiger partial charge in [0.15, 0.2) is 0 Å². The van der Waals surface area contributed by atoms with E-state index in [1.807, 2.05) is 48.9 Å². The van der Waals surface area contributed by atoms with Crippen LogP contribution in [0.1, 0.15) is 16.2 Å². The molecule has 1 amide bonds. The third-order valence-corrected chi connectivity index (χ3v) is 3.73. The number of pyridine rings is 1. The second kappa shape index (κ2) is 5.22. The summed E-state index contributed by atoms with van der Waals surface area (Å²) in [6, 6.07) is 12.9. The third-order valence-electron chi connectivity index (χ3n) is 3.40. The number of nitrogens with zero attached hydrogens (tertiary/aromatic N) is 2. The first kappa shape index (κ1) is 13.6. The number of aromatic nitrogens is 2. The van der Waals surface area contributed by atoms with Crippen molar-refractivity contribution in [3.05, 3.63) is 58.9 Å². The standard InChI is InChI=1S/C16H14ClN3O/c1-10-5-3-8-15(18-10)19-16(21)14-9-11-12(17)6-4-7-13(11)20(14)2/h3-9H,1-2H3,(H,18,19,21). The van der Waals surface area contributed by atoms with E-state index >= 15 is 0 Å². The van der Waals surface area contributed by atoms with Gasteiger partial charge in [-0.15, -0.1) is 0 Å². The molecular weight excluding hydrogens is 286 g/mol. The van der Waals surface area contributed by atoms with Crippen molar-refractivity contribution in [3.8, 4) is 0 Å². The van der Waals surface area contributed by atoms with Crippen molar-refractivity contribution in [2.75, 3.05) is 5.32 Å². The van der Waals surface area contributed by atoms with E-state index in [1.54, 1.807) is 12.1 Å². The van der Waals surface area contributed by atoms with Gasteiger partial charge in [0.25, 0.3) is 5.91 Å². The number of aryl methyl sites for hydroxylation is 2. The molecule has 2 heterocycles. The lowest BCUT2D eigenvalue weighted by atomic mass is 10.2. The zero-order chi connectivity index (χ0) is 15.0. The minimum Gasteiger partial charge on any atom is -0.340 e. The number of amides is 1. The summed E-state index contributed by atoms with van der Waals surface area (Å²) in [6.45, 7) is 1.88. The SMILES string of the molecule is Cc1cccc(NC(=O)c2cc3c(Cl)cccc3n2C)n1. The lowest BCUT2D eigenvalue weighted by Gasteiger charge is -2.06. The molecule has 0 aliphatic rings. The first-order valence-electron chi connectivity index (χ1n) is 6.55. The van der Waals surface area contributed by atoms with Crippen LogP contribution in [0.3, 0.4) is 0 Å². The predicted octanol–water partition coefficient (Wildman–Crippen LogP) is 3.79. The molecular formula is C16H14ClN3O. The van der Waals surface area contributed by atoms with Gasteiger partial charge in [-0.3, -0.25) is 4.79 Å². The predicted molar refractivity (Wildman–Crippen MR) is 84.9 cm³/mol. The minimum atomic E-state index is -0.206. The maximum atomic E-state index is 12.4. The van der Waals surface area contributed by atoms with Crippen molar-refractivity contribution in [1.82, 2.24) is 9.55 Å². The van der Waals surface area contributed by atoms with Crippen LogP contribution in [0.25, 0.3) is 10.9 Å². The maximum absolute atomic E-state index is 12.4. The fourth-order valence-electron chi connectivity index (χ4n) is 2.34. The Kier molecular flexibility index (Phi) is 3.39. The molecule has 106 valence electrons. The average Bonchev–Trinajstić information content (AvgIpc) is 2.78. The van der Waals surface area contributed by atoms with E-state index in [9.17, 15) is 4.79 Å². The van der Waals surface area contributed by atoms with Crippen molar-refractivity contribution >= 4 is 34.2 Å². The summed E-state index contributed by atoms with van der Waals surface area (Å²) in [7, 11) is 1.84. The summed E-state index contributed by atoms with van der Waals surface area (Å²) in [6.07, 6.45) is 0. The Morgan fingerprint density at radius 2 is 2.00 bits per heavy atom. The molecule has 5 heteroatoms. The van der Waals surface area contributed by atoms with Crippen molar-refractivity contribution in [1.29, 1.82) is 0 Å². The normalized spacial score (nSPS) is 10.8. The highest BCUT2D eigenvalue weighted by Gasteiger charge is 2.15. The number of hydrogen-bond donors (Lipinski definition) is 1. The number of hydrogen-bond acceptors (Lipinski definition) is 2. The zero-order valence-corrected chi connectivity index (χ0v) is 12.5. The Labute approximate surface area is 127 Å². The van der Waals surface area contributed by atoms with Crippen LogP contribution < -0.4 is 5.32 Å². The highest BCUT2D eigenvalue weighted by Crippen LogP contribution is 2.26. The summed E-state index contributed by atoms with van der Waals surface area (Å²) < 4.78 is 1.83. The maximum Gasteiger partial charge on any atom is 0.273 e.